The Labute approximate surface area is 250 Å². The van der Waals surface area contributed by atoms with Crippen molar-refractivity contribution in [3.8, 4) is 34.5 Å². The largest absolute Gasteiger partial charge is 0.493 e. The van der Waals surface area contributed by atoms with Crippen LogP contribution < -0.4 is 28.4 Å². The molecule has 2 aliphatic heterocycles. The van der Waals surface area contributed by atoms with Crippen LogP contribution in [0, 0.1) is 0 Å². The number of benzene rings is 3. The summed E-state index contributed by atoms with van der Waals surface area (Å²) >= 11 is 0. The van der Waals surface area contributed by atoms with Crippen LogP contribution in [-0.2, 0) is 25.8 Å². The lowest BCUT2D eigenvalue weighted by Gasteiger charge is -2.38. The van der Waals surface area contributed by atoms with Crippen molar-refractivity contribution in [2.45, 2.75) is 44.8 Å². The second-order valence-corrected chi connectivity index (χ2v) is 11.1. The molecule has 8 heteroatoms. The molecule has 8 nitrogen and oxygen atoms in total. The highest BCUT2D eigenvalue weighted by Crippen LogP contribution is 2.49. The summed E-state index contributed by atoms with van der Waals surface area (Å²) in [7, 11) is 12.3. The molecule has 2 unspecified atom stereocenters. The predicted octanol–water partition coefficient (Wildman–Crippen LogP) is 5.63. The number of likely N-dealkylation sites (N-methyl/N-ethyl adjacent to an activating group) is 1. The molecule has 3 aromatic carbocycles. The van der Waals surface area contributed by atoms with Crippen LogP contribution in [-0.4, -0.2) is 72.6 Å². The molecule has 2 aliphatic rings. The maximum atomic E-state index is 5.98. The summed E-state index contributed by atoms with van der Waals surface area (Å²) in [5.74, 6) is 4.23. The van der Waals surface area contributed by atoms with E-state index < -0.39 is 0 Å². The fourth-order valence-electron chi connectivity index (χ4n) is 6.82. The van der Waals surface area contributed by atoms with Crippen LogP contribution in [0.4, 0.5) is 0 Å². The van der Waals surface area contributed by atoms with Gasteiger partial charge in [0, 0.05) is 42.8 Å². The van der Waals surface area contributed by atoms with E-state index in [4.69, 9.17) is 28.4 Å². The van der Waals surface area contributed by atoms with Crippen molar-refractivity contribution in [1.82, 2.24) is 9.80 Å². The zero-order valence-electron chi connectivity index (χ0n) is 26.2. The molecule has 5 rings (SSSR count). The number of methoxy groups -OCH3 is 6. The quantitative estimate of drug-likeness (QED) is 0.308. The Bertz CT molecular complexity index is 1420. The Balaban J connectivity index is 1.48. The second-order valence-electron chi connectivity index (χ2n) is 11.1. The van der Waals surface area contributed by atoms with Crippen LogP contribution in [0.2, 0.25) is 0 Å². The first-order valence-corrected chi connectivity index (χ1v) is 14.5. The molecular weight excluding hydrogens is 532 g/mol. The van der Waals surface area contributed by atoms with E-state index in [1.165, 1.54) is 33.4 Å². The molecule has 42 heavy (non-hydrogen) atoms. The molecule has 0 aliphatic carbocycles. The van der Waals surface area contributed by atoms with E-state index in [-0.39, 0.29) is 12.1 Å². The highest BCUT2D eigenvalue weighted by atomic mass is 16.5. The van der Waals surface area contributed by atoms with E-state index in [0.29, 0.717) is 23.0 Å². The minimum absolute atomic E-state index is 0.140. The lowest BCUT2D eigenvalue weighted by atomic mass is 9.86. The third-order valence-electron chi connectivity index (χ3n) is 9.05. The van der Waals surface area contributed by atoms with Gasteiger partial charge in [0.1, 0.15) is 0 Å². The number of hydrogen-bond donors (Lipinski definition) is 0. The van der Waals surface area contributed by atoms with Crippen molar-refractivity contribution in [2.75, 3.05) is 62.8 Å². The molecule has 2 heterocycles. The van der Waals surface area contributed by atoms with E-state index in [9.17, 15) is 0 Å². The van der Waals surface area contributed by atoms with E-state index in [2.05, 4.69) is 60.2 Å². The van der Waals surface area contributed by atoms with Crippen LogP contribution in [0.5, 0.6) is 34.5 Å². The topological polar surface area (TPSA) is 61.9 Å². The van der Waals surface area contributed by atoms with E-state index >= 15 is 0 Å². The first kappa shape index (κ1) is 29.9. The number of hydrogen-bond acceptors (Lipinski definition) is 8. The van der Waals surface area contributed by atoms with E-state index in [0.717, 1.165) is 50.4 Å². The van der Waals surface area contributed by atoms with Crippen LogP contribution in [0.1, 0.15) is 52.4 Å². The highest BCUT2D eigenvalue weighted by Gasteiger charge is 2.34. The smallest absolute Gasteiger partial charge is 0.203 e. The van der Waals surface area contributed by atoms with E-state index in [1.54, 1.807) is 42.7 Å². The van der Waals surface area contributed by atoms with Gasteiger partial charge in [-0.05, 0) is 67.6 Å². The Morgan fingerprint density at radius 3 is 1.76 bits per heavy atom. The molecule has 226 valence electrons. The van der Waals surface area contributed by atoms with Gasteiger partial charge in [-0.25, -0.2) is 0 Å². The van der Waals surface area contributed by atoms with Gasteiger partial charge in [-0.3, -0.25) is 9.80 Å². The summed E-state index contributed by atoms with van der Waals surface area (Å²) in [6.45, 7) is 4.99. The maximum Gasteiger partial charge on any atom is 0.203 e. The minimum atomic E-state index is 0.140. The molecule has 0 amide bonds. The lowest BCUT2D eigenvalue weighted by molar-refractivity contribution is 0.181. The maximum absolute atomic E-state index is 5.98. The first-order chi connectivity index (χ1) is 20.4. The SMILES string of the molecule is COc1cc2c(c(OC)c1OC)C(Cc1ccccc1CN1CCc3cc(OC)c(OC)c(OC)c3C1C)N(C)CC2. The molecule has 2 atom stereocenters. The van der Waals surface area contributed by atoms with Crippen molar-refractivity contribution in [3.05, 3.63) is 69.8 Å². The van der Waals surface area contributed by atoms with Crippen molar-refractivity contribution in [3.63, 3.8) is 0 Å². The fraction of sp³-hybridized carbons (Fsp3) is 0.471. The number of ether oxygens (including phenoxy) is 6. The van der Waals surface area contributed by atoms with Crippen LogP contribution in [0.3, 0.4) is 0 Å². The number of fused-ring (bicyclic) bond motifs is 2. The van der Waals surface area contributed by atoms with Gasteiger partial charge in [-0.15, -0.1) is 0 Å². The summed E-state index contributed by atoms with van der Waals surface area (Å²) in [5.41, 5.74) is 7.51. The fourth-order valence-corrected chi connectivity index (χ4v) is 6.82. The van der Waals surface area contributed by atoms with Gasteiger partial charge in [0.25, 0.3) is 0 Å². The Kier molecular flexibility index (Phi) is 9.04. The van der Waals surface area contributed by atoms with Gasteiger partial charge in [0.2, 0.25) is 11.5 Å². The van der Waals surface area contributed by atoms with Crippen LogP contribution in [0.15, 0.2) is 36.4 Å². The Morgan fingerprint density at radius 1 is 0.667 bits per heavy atom. The van der Waals surface area contributed by atoms with Gasteiger partial charge in [0.05, 0.1) is 42.7 Å². The Morgan fingerprint density at radius 2 is 1.19 bits per heavy atom. The summed E-state index contributed by atoms with van der Waals surface area (Å²) < 4.78 is 34.7. The third kappa shape index (κ3) is 5.22. The Hall–Kier alpha value is -3.62. The molecule has 0 radical (unpaired) electrons. The monoisotopic (exact) mass is 576 g/mol. The average Bonchev–Trinajstić information content (AvgIpc) is 3.02. The second kappa shape index (κ2) is 12.7. The summed E-state index contributed by atoms with van der Waals surface area (Å²) in [6, 6.07) is 13.3. The van der Waals surface area contributed by atoms with Crippen molar-refractivity contribution in [1.29, 1.82) is 0 Å². The van der Waals surface area contributed by atoms with Gasteiger partial charge in [-0.1, -0.05) is 24.3 Å². The molecule has 0 N–H and O–H groups in total. The summed E-state index contributed by atoms with van der Waals surface area (Å²) in [4.78, 5) is 4.96. The molecule has 0 spiro atoms. The minimum Gasteiger partial charge on any atom is -0.493 e. The van der Waals surface area contributed by atoms with Gasteiger partial charge in [0.15, 0.2) is 23.0 Å². The normalized spacial score (nSPS) is 18.6. The van der Waals surface area contributed by atoms with Gasteiger partial charge < -0.3 is 28.4 Å². The van der Waals surface area contributed by atoms with Crippen LogP contribution in [0.25, 0.3) is 0 Å². The number of nitrogens with zero attached hydrogens (tertiary/aromatic N) is 2. The van der Waals surface area contributed by atoms with Crippen molar-refractivity contribution < 1.29 is 28.4 Å². The highest BCUT2D eigenvalue weighted by molar-refractivity contribution is 5.62. The van der Waals surface area contributed by atoms with E-state index in [1.807, 2.05) is 0 Å². The zero-order chi connectivity index (χ0) is 30.0. The van der Waals surface area contributed by atoms with Crippen LogP contribution >= 0.6 is 0 Å². The zero-order valence-corrected chi connectivity index (χ0v) is 26.2. The summed E-state index contributed by atoms with van der Waals surface area (Å²) in [6.07, 6.45) is 2.70. The molecule has 0 aromatic heterocycles. The molecule has 0 fully saturated rings. The predicted molar refractivity (Wildman–Crippen MR) is 164 cm³/mol. The van der Waals surface area contributed by atoms with Crippen molar-refractivity contribution >= 4 is 0 Å². The first-order valence-electron chi connectivity index (χ1n) is 14.5. The molecular formula is C34H44N2O6. The lowest BCUT2D eigenvalue weighted by Crippen LogP contribution is -2.35. The van der Waals surface area contributed by atoms with Gasteiger partial charge >= 0.3 is 0 Å². The van der Waals surface area contributed by atoms with Gasteiger partial charge in [-0.2, -0.15) is 0 Å². The third-order valence-corrected chi connectivity index (χ3v) is 9.05. The number of rotatable bonds is 10. The van der Waals surface area contributed by atoms with Crippen molar-refractivity contribution in [2.24, 2.45) is 0 Å². The molecule has 3 aromatic rings. The molecule has 0 saturated carbocycles. The standard InChI is InChI=1S/C34H44N2O6/c1-21-29-23(18-27(37-3)31(39-5)33(29)41-7)14-16-36(21)20-25-12-10-9-11-22(25)17-26-30-24(13-15-35(26)2)19-28(38-4)32(40-6)34(30)42-8/h9-12,18-19,21,26H,13-17,20H2,1-8H3. The summed E-state index contributed by atoms with van der Waals surface area (Å²) in [5, 5.41) is 0. The molecule has 0 bridgehead atoms. The average molecular weight is 577 g/mol. The molecule has 0 saturated heterocycles.